The van der Waals surface area contributed by atoms with Crippen LogP contribution in [0.4, 0.5) is 14.7 Å². The molecule has 1 aromatic heterocycles. The van der Waals surface area contributed by atoms with Gasteiger partial charge < -0.3 is 16.0 Å². The topological polar surface area (TPSA) is 86.9 Å². The number of amides is 1. The van der Waals surface area contributed by atoms with Crippen LogP contribution in [0.1, 0.15) is 20.3 Å². The Bertz CT molecular complexity index is 663. The van der Waals surface area contributed by atoms with E-state index in [2.05, 4.69) is 4.98 Å². The quantitative estimate of drug-likeness (QED) is 0.884. The van der Waals surface area contributed by atoms with E-state index in [1.807, 2.05) is 0 Å². The number of hydrogen-bond donors (Lipinski definition) is 2. The molecular weight excluding hydrogens is 254 g/mol. The zero-order valence-electron chi connectivity index (χ0n) is 10.6. The predicted molar refractivity (Wildman–Crippen MR) is 67.2 cm³/mol. The zero-order chi connectivity index (χ0) is 14.4. The molecule has 102 valence electrons. The molecule has 0 saturated carbocycles. The van der Waals surface area contributed by atoms with Gasteiger partial charge in [-0.15, -0.1) is 0 Å². The van der Waals surface area contributed by atoms with E-state index in [0.717, 1.165) is 6.07 Å². The van der Waals surface area contributed by atoms with E-state index in [-0.39, 0.29) is 23.4 Å². The van der Waals surface area contributed by atoms with Crippen molar-refractivity contribution in [3.05, 3.63) is 23.8 Å². The minimum atomic E-state index is -1.04. The summed E-state index contributed by atoms with van der Waals surface area (Å²) in [6, 6.07) is 2.32. The first-order chi connectivity index (χ1) is 8.74. The Morgan fingerprint density at radius 1 is 1.42 bits per heavy atom. The number of nitrogen functional groups attached to an aromatic ring is 1. The van der Waals surface area contributed by atoms with E-state index in [1.54, 1.807) is 13.8 Å². The number of fused-ring (bicyclic) bond motifs is 1. The average Bonchev–Trinajstić information content (AvgIpc) is 2.60. The highest BCUT2D eigenvalue weighted by molar-refractivity contribution is 5.80. The normalized spacial score (nSPS) is 12.0. The van der Waals surface area contributed by atoms with Crippen LogP contribution in [0.15, 0.2) is 12.1 Å². The first-order valence-electron chi connectivity index (χ1n) is 5.65. The number of rotatable bonds is 3. The van der Waals surface area contributed by atoms with E-state index in [4.69, 9.17) is 11.5 Å². The Morgan fingerprint density at radius 2 is 2.05 bits per heavy atom. The predicted octanol–water partition coefficient (Wildman–Crippen LogP) is 1.51. The van der Waals surface area contributed by atoms with Gasteiger partial charge in [0.2, 0.25) is 11.9 Å². The maximum Gasteiger partial charge on any atom is 0.219 e. The van der Waals surface area contributed by atoms with Crippen LogP contribution in [0, 0.1) is 11.6 Å². The number of halogens is 2. The molecule has 0 aliphatic carbocycles. The SMILES string of the molecule is CC(C)(CC(N)=O)n1c(N)nc2ccc(F)c(F)c21. The molecule has 1 heterocycles. The smallest absolute Gasteiger partial charge is 0.219 e. The molecule has 0 aliphatic rings. The van der Waals surface area contributed by atoms with Gasteiger partial charge in [0.25, 0.3) is 0 Å². The highest BCUT2D eigenvalue weighted by Crippen LogP contribution is 2.31. The maximum absolute atomic E-state index is 13.9. The fraction of sp³-hybridized carbons (Fsp3) is 0.333. The van der Waals surface area contributed by atoms with Gasteiger partial charge in [-0.3, -0.25) is 4.79 Å². The van der Waals surface area contributed by atoms with Crippen molar-refractivity contribution in [2.75, 3.05) is 5.73 Å². The lowest BCUT2D eigenvalue weighted by molar-refractivity contribution is -0.119. The van der Waals surface area contributed by atoms with Gasteiger partial charge in [-0.05, 0) is 26.0 Å². The Balaban J connectivity index is 2.75. The molecule has 2 rings (SSSR count). The van der Waals surface area contributed by atoms with Gasteiger partial charge in [0.15, 0.2) is 11.6 Å². The molecule has 1 aromatic carbocycles. The summed E-state index contributed by atoms with van der Waals surface area (Å²) in [7, 11) is 0. The summed E-state index contributed by atoms with van der Waals surface area (Å²) in [5, 5.41) is 0. The van der Waals surface area contributed by atoms with Crippen LogP contribution in [-0.4, -0.2) is 15.5 Å². The molecule has 19 heavy (non-hydrogen) atoms. The van der Waals surface area contributed by atoms with Crippen molar-refractivity contribution < 1.29 is 13.6 Å². The second-order valence-electron chi connectivity index (χ2n) is 4.99. The molecular formula is C12H14F2N4O. The number of nitrogens with two attached hydrogens (primary N) is 2. The molecule has 0 unspecified atom stereocenters. The second-order valence-corrected chi connectivity index (χ2v) is 4.99. The number of benzene rings is 1. The number of imidazole rings is 1. The lowest BCUT2D eigenvalue weighted by Crippen LogP contribution is -2.33. The van der Waals surface area contributed by atoms with Gasteiger partial charge in [0, 0.05) is 6.42 Å². The van der Waals surface area contributed by atoms with Crippen LogP contribution < -0.4 is 11.5 Å². The van der Waals surface area contributed by atoms with Crippen molar-refractivity contribution in [3.8, 4) is 0 Å². The second kappa shape index (κ2) is 4.18. The fourth-order valence-electron chi connectivity index (χ4n) is 2.24. The van der Waals surface area contributed by atoms with Crippen LogP contribution in [-0.2, 0) is 10.3 Å². The minimum absolute atomic E-state index is 0.00532. The average molecular weight is 268 g/mol. The lowest BCUT2D eigenvalue weighted by atomic mass is 9.99. The third-order valence-corrected chi connectivity index (χ3v) is 2.95. The van der Waals surface area contributed by atoms with E-state index >= 15 is 0 Å². The van der Waals surface area contributed by atoms with E-state index in [1.165, 1.54) is 10.6 Å². The Hall–Kier alpha value is -2.18. The Kier molecular flexibility index (Phi) is 2.92. The summed E-state index contributed by atoms with van der Waals surface area (Å²) in [6.07, 6.45) is -0.0708. The van der Waals surface area contributed by atoms with Gasteiger partial charge in [-0.1, -0.05) is 0 Å². The molecule has 0 bridgehead atoms. The van der Waals surface area contributed by atoms with Crippen LogP contribution in [0.2, 0.25) is 0 Å². The zero-order valence-corrected chi connectivity index (χ0v) is 10.6. The van der Waals surface area contributed by atoms with Crippen molar-refractivity contribution in [1.82, 2.24) is 9.55 Å². The molecule has 0 atom stereocenters. The molecule has 0 saturated heterocycles. The molecule has 7 heteroatoms. The molecule has 2 aromatic rings. The highest BCUT2D eigenvalue weighted by atomic mass is 19.2. The van der Waals surface area contributed by atoms with Gasteiger partial charge in [0.1, 0.15) is 5.52 Å². The van der Waals surface area contributed by atoms with Crippen LogP contribution in [0.25, 0.3) is 11.0 Å². The fourth-order valence-corrected chi connectivity index (χ4v) is 2.24. The Morgan fingerprint density at radius 3 is 2.63 bits per heavy atom. The van der Waals surface area contributed by atoms with Crippen LogP contribution in [0.5, 0.6) is 0 Å². The summed E-state index contributed by atoms with van der Waals surface area (Å²) < 4.78 is 28.6. The maximum atomic E-state index is 13.9. The van der Waals surface area contributed by atoms with Gasteiger partial charge in [-0.25, -0.2) is 13.8 Å². The molecule has 1 amide bonds. The van der Waals surface area contributed by atoms with Crippen LogP contribution >= 0.6 is 0 Å². The number of carbonyl (C=O) groups is 1. The summed E-state index contributed by atoms with van der Waals surface area (Å²) in [4.78, 5) is 15.1. The molecule has 0 fully saturated rings. The van der Waals surface area contributed by atoms with Crippen molar-refractivity contribution in [3.63, 3.8) is 0 Å². The standard InChI is InChI=1S/C12H14F2N4O/c1-12(2,5-8(15)19)18-10-7(17-11(18)16)4-3-6(13)9(10)14/h3-4H,5H2,1-2H3,(H2,15,19)(H2,16,17). The number of aromatic nitrogens is 2. The summed E-state index contributed by atoms with van der Waals surface area (Å²) in [5.41, 5.74) is 10.2. The molecule has 0 radical (unpaired) electrons. The molecule has 4 N–H and O–H groups in total. The summed E-state index contributed by atoms with van der Waals surface area (Å²) in [6.45, 7) is 3.30. The number of anilines is 1. The van der Waals surface area contributed by atoms with Gasteiger partial charge in [0.05, 0.1) is 11.1 Å². The van der Waals surface area contributed by atoms with Crippen LogP contribution in [0.3, 0.4) is 0 Å². The van der Waals surface area contributed by atoms with E-state index < -0.39 is 23.1 Å². The number of carbonyl (C=O) groups excluding carboxylic acids is 1. The number of nitrogens with zero attached hydrogens (tertiary/aromatic N) is 2. The first-order valence-corrected chi connectivity index (χ1v) is 5.65. The molecule has 0 spiro atoms. The third-order valence-electron chi connectivity index (χ3n) is 2.95. The van der Waals surface area contributed by atoms with Crippen molar-refractivity contribution in [2.45, 2.75) is 25.8 Å². The highest BCUT2D eigenvalue weighted by Gasteiger charge is 2.29. The van der Waals surface area contributed by atoms with Crippen molar-refractivity contribution in [2.24, 2.45) is 5.73 Å². The minimum Gasteiger partial charge on any atom is -0.370 e. The first kappa shape index (κ1) is 13.3. The largest absolute Gasteiger partial charge is 0.370 e. The number of primary amides is 1. The molecule has 0 aliphatic heterocycles. The van der Waals surface area contributed by atoms with Gasteiger partial charge in [-0.2, -0.15) is 0 Å². The summed E-state index contributed by atoms with van der Waals surface area (Å²) in [5.74, 6) is -2.60. The van der Waals surface area contributed by atoms with Gasteiger partial charge >= 0.3 is 0 Å². The van der Waals surface area contributed by atoms with E-state index in [0.29, 0.717) is 0 Å². The molecule has 5 nitrogen and oxygen atoms in total. The van der Waals surface area contributed by atoms with E-state index in [9.17, 15) is 13.6 Å². The Labute approximate surface area is 108 Å². The third kappa shape index (κ3) is 2.11. The van der Waals surface area contributed by atoms with Crippen molar-refractivity contribution in [1.29, 1.82) is 0 Å². The summed E-state index contributed by atoms with van der Waals surface area (Å²) >= 11 is 0. The number of hydrogen-bond acceptors (Lipinski definition) is 3. The lowest BCUT2D eigenvalue weighted by Gasteiger charge is -2.27. The van der Waals surface area contributed by atoms with Crippen molar-refractivity contribution >= 4 is 22.9 Å². The monoisotopic (exact) mass is 268 g/mol.